The number of hydrogen-bond donors (Lipinski definition) is 1. The van der Waals surface area contributed by atoms with Crippen LogP contribution in [0.15, 0.2) is 57.6 Å². The van der Waals surface area contributed by atoms with E-state index in [2.05, 4.69) is 27.0 Å². The number of allylic oxidation sites excluding steroid dienone is 1. The lowest BCUT2D eigenvalue weighted by Gasteiger charge is -2.23. The van der Waals surface area contributed by atoms with E-state index in [1.807, 2.05) is 0 Å². The maximum absolute atomic E-state index is 14.2. The zero-order chi connectivity index (χ0) is 28.3. The second kappa shape index (κ2) is 11.7. The van der Waals surface area contributed by atoms with Gasteiger partial charge >= 0.3 is 6.18 Å². The molecule has 38 heavy (non-hydrogen) atoms. The van der Waals surface area contributed by atoms with Gasteiger partial charge in [-0.05, 0) is 49.5 Å². The Morgan fingerprint density at radius 3 is 2.58 bits per heavy atom. The zero-order valence-corrected chi connectivity index (χ0v) is 21.3. The molecule has 1 N–H and O–H groups in total. The van der Waals surface area contributed by atoms with Gasteiger partial charge in [-0.3, -0.25) is 9.78 Å². The maximum Gasteiger partial charge on any atom is 0.451 e. The fourth-order valence-electron chi connectivity index (χ4n) is 3.61. The molecule has 1 aliphatic rings. The Kier molecular flexibility index (Phi) is 9.00. The standard InChI is InChI=1S/C23H21ClF5N5O3S/c1-13(9-33-22(30-2)23(27,28)29)18-8-16(31-11-19(18)24)10-32-21(35)20-7-15(26)12-34(20)38(36,37)17-5-3-14(25)4-6-17/h3-6,8-9,11,15,20H,2,7,10,12H2,1H3,(H,32,35)/b13-9+,33-22?/t15-,20+/m1/s1. The van der Waals surface area contributed by atoms with Crippen molar-refractivity contribution >= 4 is 45.7 Å². The lowest BCUT2D eigenvalue weighted by molar-refractivity contribution is -0.124. The Hall–Kier alpha value is -3.23. The molecule has 1 aromatic heterocycles. The number of rotatable bonds is 7. The Balaban J connectivity index is 1.77. The second-order valence-electron chi connectivity index (χ2n) is 8.17. The van der Waals surface area contributed by atoms with Gasteiger partial charge in [0.2, 0.25) is 21.8 Å². The Morgan fingerprint density at radius 2 is 1.97 bits per heavy atom. The van der Waals surface area contributed by atoms with Crippen LogP contribution in [0.1, 0.15) is 24.6 Å². The summed E-state index contributed by atoms with van der Waals surface area (Å²) < 4.78 is 92.5. The van der Waals surface area contributed by atoms with Crippen molar-refractivity contribution in [1.29, 1.82) is 0 Å². The first-order valence-corrected chi connectivity index (χ1v) is 12.7. The summed E-state index contributed by atoms with van der Waals surface area (Å²) in [4.78, 5) is 22.7. The number of aliphatic imine (C=N–C) groups is 2. The van der Waals surface area contributed by atoms with E-state index in [1.165, 1.54) is 19.2 Å². The van der Waals surface area contributed by atoms with E-state index in [-0.39, 0.29) is 39.7 Å². The predicted octanol–water partition coefficient (Wildman–Crippen LogP) is 4.31. The lowest BCUT2D eigenvalue weighted by atomic mass is 10.1. The van der Waals surface area contributed by atoms with Crippen LogP contribution in [0.3, 0.4) is 0 Å². The number of nitrogens with one attached hydrogen (secondary N) is 1. The number of carbonyl (C=O) groups excluding carboxylic acids is 1. The fourth-order valence-corrected chi connectivity index (χ4v) is 5.49. The fraction of sp³-hybridized carbons (Fsp3) is 0.304. The molecule has 15 heteroatoms. The molecule has 2 aromatic rings. The van der Waals surface area contributed by atoms with Crippen molar-refractivity contribution in [3.8, 4) is 0 Å². The summed E-state index contributed by atoms with van der Waals surface area (Å²) in [5.41, 5.74) is 0.726. The molecular weight excluding hydrogens is 557 g/mol. The van der Waals surface area contributed by atoms with Gasteiger partial charge < -0.3 is 5.32 Å². The molecule has 0 unspecified atom stereocenters. The van der Waals surface area contributed by atoms with E-state index in [0.29, 0.717) is 0 Å². The minimum Gasteiger partial charge on any atom is -0.349 e. The zero-order valence-electron chi connectivity index (χ0n) is 19.7. The van der Waals surface area contributed by atoms with Gasteiger partial charge in [0.1, 0.15) is 18.0 Å². The van der Waals surface area contributed by atoms with Crippen LogP contribution in [0.25, 0.3) is 5.57 Å². The monoisotopic (exact) mass is 577 g/mol. The molecule has 1 saturated heterocycles. The van der Waals surface area contributed by atoms with Crippen LogP contribution in [0.4, 0.5) is 22.0 Å². The van der Waals surface area contributed by atoms with Crippen LogP contribution < -0.4 is 5.32 Å². The third kappa shape index (κ3) is 6.79. The molecule has 2 heterocycles. The Bertz CT molecular complexity index is 1380. The smallest absolute Gasteiger partial charge is 0.349 e. The SMILES string of the molecule is C=NC(=N/C=C(\C)c1cc(CNC(=O)[C@@H]2C[C@@H](F)CN2S(=O)(=O)c2ccc(F)cc2)ncc1Cl)C(F)(F)F. The van der Waals surface area contributed by atoms with Crippen molar-refractivity contribution in [3.63, 3.8) is 0 Å². The molecule has 0 bridgehead atoms. The molecule has 3 rings (SSSR count). The minimum absolute atomic E-state index is 0.0942. The number of nitrogens with zero attached hydrogens (tertiary/aromatic N) is 4. The summed E-state index contributed by atoms with van der Waals surface area (Å²) >= 11 is 6.11. The molecule has 8 nitrogen and oxygen atoms in total. The summed E-state index contributed by atoms with van der Waals surface area (Å²) in [5, 5.41) is 2.59. The Labute approximate surface area is 220 Å². The average Bonchev–Trinajstić information content (AvgIpc) is 3.25. The first-order chi connectivity index (χ1) is 17.7. The number of amides is 1. The first kappa shape index (κ1) is 29.3. The van der Waals surface area contributed by atoms with Crippen LogP contribution in [0.5, 0.6) is 0 Å². The van der Waals surface area contributed by atoms with Crippen LogP contribution >= 0.6 is 11.6 Å². The number of benzene rings is 1. The number of sulfonamides is 1. The van der Waals surface area contributed by atoms with Crippen LogP contribution in [-0.2, 0) is 21.4 Å². The highest BCUT2D eigenvalue weighted by Crippen LogP contribution is 2.29. The Morgan fingerprint density at radius 1 is 1.32 bits per heavy atom. The number of carbonyl (C=O) groups is 1. The third-order valence-corrected chi connectivity index (χ3v) is 7.68. The molecule has 1 aliphatic heterocycles. The summed E-state index contributed by atoms with van der Waals surface area (Å²) in [6.07, 6.45) is -4.66. The highest BCUT2D eigenvalue weighted by molar-refractivity contribution is 7.89. The quantitative estimate of drug-likeness (QED) is 0.301. The number of amidine groups is 1. The van der Waals surface area contributed by atoms with Gasteiger partial charge in [-0.1, -0.05) is 11.6 Å². The summed E-state index contributed by atoms with van der Waals surface area (Å²) in [5.74, 6) is -2.90. The number of hydrogen-bond acceptors (Lipinski definition) is 5. The molecule has 1 fully saturated rings. The van der Waals surface area contributed by atoms with Crippen molar-refractivity contribution in [2.75, 3.05) is 6.54 Å². The van der Waals surface area contributed by atoms with Gasteiger partial charge in [0, 0.05) is 30.9 Å². The molecular formula is C23H21ClF5N5O3S. The van der Waals surface area contributed by atoms with Gasteiger partial charge in [-0.15, -0.1) is 0 Å². The molecule has 0 aliphatic carbocycles. The van der Waals surface area contributed by atoms with E-state index in [0.717, 1.165) is 34.8 Å². The van der Waals surface area contributed by atoms with Gasteiger partial charge in [0.05, 0.1) is 22.2 Å². The molecule has 1 aromatic carbocycles. The van der Waals surface area contributed by atoms with Crippen molar-refractivity contribution in [2.24, 2.45) is 9.98 Å². The van der Waals surface area contributed by atoms with Crippen molar-refractivity contribution in [3.05, 3.63) is 64.8 Å². The second-order valence-corrected chi connectivity index (χ2v) is 10.5. The van der Waals surface area contributed by atoms with Gasteiger partial charge in [-0.2, -0.15) is 17.5 Å². The summed E-state index contributed by atoms with van der Waals surface area (Å²) in [6, 6.07) is 3.95. The van der Waals surface area contributed by atoms with E-state index in [9.17, 15) is 35.2 Å². The van der Waals surface area contributed by atoms with Gasteiger partial charge in [0.25, 0.3) is 0 Å². The van der Waals surface area contributed by atoms with Crippen molar-refractivity contribution in [1.82, 2.24) is 14.6 Å². The van der Waals surface area contributed by atoms with E-state index < -0.39 is 52.5 Å². The van der Waals surface area contributed by atoms with Gasteiger partial charge in [-0.25, -0.2) is 27.2 Å². The van der Waals surface area contributed by atoms with Crippen LogP contribution in [0.2, 0.25) is 5.02 Å². The minimum atomic E-state index is -4.80. The highest BCUT2D eigenvalue weighted by atomic mass is 35.5. The average molecular weight is 578 g/mol. The van der Waals surface area contributed by atoms with Gasteiger partial charge in [0.15, 0.2) is 0 Å². The largest absolute Gasteiger partial charge is 0.451 e. The highest BCUT2D eigenvalue weighted by Gasteiger charge is 2.44. The number of pyridine rings is 1. The van der Waals surface area contributed by atoms with E-state index in [4.69, 9.17) is 11.6 Å². The maximum atomic E-state index is 14.2. The molecule has 0 radical (unpaired) electrons. The normalized spacial score (nSPS) is 19.4. The van der Waals surface area contributed by atoms with Crippen LogP contribution in [0, 0.1) is 5.82 Å². The predicted molar refractivity (Wildman–Crippen MR) is 131 cm³/mol. The van der Waals surface area contributed by atoms with E-state index >= 15 is 0 Å². The molecule has 0 saturated carbocycles. The van der Waals surface area contributed by atoms with Crippen molar-refractivity contribution < 1.29 is 35.2 Å². The summed E-state index contributed by atoms with van der Waals surface area (Å²) in [6.45, 7) is 3.52. The molecule has 204 valence electrons. The number of halogens is 6. The topological polar surface area (TPSA) is 104 Å². The molecule has 1 amide bonds. The number of alkyl halides is 4. The third-order valence-electron chi connectivity index (χ3n) is 5.49. The first-order valence-electron chi connectivity index (χ1n) is 10.9. The summed E-state index contributed by atoms with van der Waals surface area (Å²) in [7, 11) is -4.29. The van der Waals surface area contributed by atoms with Crippen molar-refractivity contribution in [2.45, 2.75) is 43.2 Å². The molecule has 0 spiro atoms. The molecule has 2 atom stereocenters. The number of aromatic nitrogens is 1. The van der Waals surface area contributed by atoms with E-state index in [1.54, 1.807) is 0 Å². The van der Waals surface area contributed by atoms with Crippen LogP contribution in [-0.4, -0.2) is 61.1 Å². The lowest BCUT2D eigenvalue weighted by Crippen LogP contribution is -2.45.